The van der Waals surface area contributed by atoms with Crippen LogP contribution in [0.15, 0.2) is 23.1 Å². The van der Waals surface area contributed by atoms with E-state index in [2.05, 4.69) is 6.07 Å². The lowest BCUT2D eigenvalue weighted by molar-refractivity contribution is 0.250. The number of aliphatic hydroxyl groups excluding tert-OH is 1. The molecule has 0 spiro atoms. The van der Waals surface area contributed by atoms with Crippen molar-refractivity contribution in [3.63, 3.8) is 0 Å². The van der Waals surface area contributed by atoms with Gasteiger partial charge in [-0.15, -0.1) is 11.8 Å². The molecule has 14 heavy (non-hydrogen) atoms. The third-order valence-electron chi connectivity index (χ3n) is 2.10. The molecule has 1 aromatic carbocycles. The van der Waals surface area contributed by atoms with Gasteiger partial charge in [0.1, 0.15) is 0 Å². The van der Waals surface area contributed by atoms with E-state index in [0.29, 0.717) is 5.92 Å². The molecule has 1 atom stereocenters. The second-order valence-corrected chi connectivity index (χ2v) is 4.71. The first kappa shape index (κ1) is 11.4. The molecule has 78 valence electrons. The van der Waals surface area contributed by atoms with E-state index in [1.807, 2.05) is 26.0 Å². The Balaban J connectivity index is 2.55. The number of nitrogens with two attached hydrogens (primary N) is 1. The number of thioether (sulfide) groups is 1. The van der Waals surface area contributed by atoms with Gasteiger partial charge in [-0.3, -0.25) is 0 Å². The van der Waals surface area contributed by atoms with Crippen molar-refractivity contribution in [2.24, 2.45) is 5.92 Å². The van der Waals surface area contributed by atoms with Crippen molar-refractivity contribution in [1.82, 2.24) is 0 Å². The molecule has 0 aliphatic rings. The van der Waals surface area contributed by atoms with Crippen LogP contribution < -0.4 is 5.73 Å². The Kier molecular flexibility index (Phi) is 4.29. The molecule has 0 heterocycles. The fourth-order valence-corrected chi connectivity index (χ4v) is 1.96. The molecule has 1 unspecified atom stereocenters. The van der Waals surface area contributed by atoms with Gasteiger partial charge in [0.15, 0.2) is 0 Å². The Hall–Kier alpha value is -0.670. The van der Waals surface area contributed by atoms with Crippen molar-refractivity contribution in [2.45, 2.75) is 18.7 Å². The zero-order valence-electron chi connectivity index (χ0n) is 8.66. The fraction of sp³-hybridized carbons (Fsp3) is 0.455. The van der Waals surface area contributed by atoms with Crippen LogP contribution in [-0.2, 0) is 0 Å². The number of aliphatic hydroxyl groups is 1. The maximum absolute atomic E-state index is 8.87. The lowest BCUT2D eigenvalue weighted by atomic mass is 10.2. The first-order valence-corrected chi connectivity index (χ1v) is 5.72. The third-order valence-corrected chi connectivity index (χ3v) is 3.42. The molecule has 0 fully saturated rings. The Morgan fingerprint density at radius 1 is 1.50 bits per heavy atom. The van der Waals surface area contributed by atoms with E-state index < -0.39 is 0 Å². The van der Waals surface area contributed by atoms with Crippen LogP contribution in [0.2, 0.25) is 0 Å². The maximum Gasteiger partial charge on any atom is 0.0464 e. The number of rotatable bonds is 4. The molecule has 0 aliphatic carbocycles. The zero-order chi connectivity index (χ0) is 10.6. The predicted molar refractivity (Wildman–Crippen MR) is 62.6 cm³/mol. The molecule has 0 radical (unpaired) electrons. The summed E-state index contributed by atoms with van der Waals surface area (Å²) in [5, 5.41) is 8.87. The van der Waals surface area contributed by atoms with E-state index in [9.17, 15) is 0 Å². The zero-order valence-corrected chi connectivity index (χ0v) is 9.47. The number of aryl methyl sites for hydroxylation is 1. The van der Waals surface area contributed by atoms with Crippen LogP contribution >= 0.6 is 11.8 Å². The van der Waals surface area contributed by atoms with E-state index in [-0.39, 0.29) is 6.61 Å². The summed E-state index contributed by atoms with van der Waals surface area (Å²) < 4.78 is 0. The van der Waals surface area contributed by atoms with Crippen LogP contribution in [0, 0.1) is 12.8 Å². The minimum Gasteiger partial charge on any atom is -0.398 e. The molecule has 1 rings (SSSR count). The first-order valence-electron chi connectivity index (χ1n) is 4.73. The maximum atomic E-state index is 8.87. The van der Waals surface area contributed by atoms with Gasteiger partial charge in [0.2, 0.25) is 0 Å². The fourth-order valence-electron chi connectivity index (χ4n) is 1.000. The normalized spacial score (nSPS) is 12.8. The highest BCUT2D eigenvalue weighted by molar-refractivity contribution is 7.99. The molecule has 2 nitrogen and oxygen atoms in total. The molecule has 3 heteroatoms. The van der Waals surface area contributed by atoms with Crippen molar-refractivity contribution < 1.29 is 5.11 Å². The SMILES string of the molecule is Cc1ccc(SCC(C)CO)cc1N. The van der Waals surface area contributed by atoms with E-state index in [1.54, 1.807) is 11.8 Å². The van der Waals surface area contributed by atoms with E-state index in [1.165, 1.54) is 4.90 Å². The van der Waals surface area contributed by atoms with E-state index >= 15 is 0 Å². The van der Waals surface area contributed by atoms with Gasteiger partial charge in [0.05, 0.1) is 0 Å². The van der Waals surface area contributed by atoms with Crippen LogP contribution in [0.5, 0.6) is 0 Å². The monoisotopic (exact) mass is 211 g/mol. The number of nitrogen functional groups attached to an aromatic ring is 1. The number of hydrogen-bond donors (Lipinski definition) is 2. The van der Waals surface area contributed by atoms with Gasteiger partial charge >= 0.3 is 0 Å². The quantitative estimate of drug-likeness (QED) is 0.593. The van der Waals surface area contributed by atoms with Crippen molar-refractivity contribution >= 4 is 17.4 Å². The summed E-state index contributed by atoms with van der Waals surface area (Å²) in [6.07, 6.45) is 0. The topological polar surface area (TPSA) is 46.2 Å². The number of benzene rings is 1. The van der Waals surface area contributed by atoms with Gasteiger partial charge in [0.25, 0.3) is 0 Å². The van der Waals surface area contributed by atoms with Crippen LogP contribution in [0.3, 0.4) is 0 Å². The van der Waals surface area contributed by atoms with E-state index in [4.69, 9.17) is 10.8 Å². The van der Waals surface area contributed by atoms with Gasteiger partial charge in [-0.05, 0) is 30.5 Å². The average molecular weight is 211 g/mol. The Morgan fingerprint density at radius 2 is 2.21 bits per heavy atom. The molecule has 0 amide bonds. The van der Waals surface area contributed by atoms with Crippen LogP contribution in [-0.4, -0.2) is 17.5 Å². The van der Waals surface area contributed by atoms with E-state index in [0.717, 1.165) is 17.0 Å². The Bertz CT molecular complexity index is 301. The molecule has 1 aromatic rings. The van der Waals surface area contributed by atoms with Gasteiger partial charge in [-0.1, -0.05) is 13.0 Å². The lowest BCUT2D eigenvalue weighted by Gasteiger charge is -2.08. The molecule has 0 aliphatic heterocycles. The van der Waals surface area contributed by atoms with Crippen molar-refractivity contribution in [3.05, 3.63) is 23.8 Å². The summed E-state index contributed by atoms with van der Waals surface area (Å²) in [4.78, 5) is 1.17. The van der Waals surface area contributed by atoms with Gasteiger partial charge in [-0.2, -0.15) is 0 Å². The van der Waals surface area contributed by atoms with Crippen molar-refractivity contribution in [1.29, 1.82) is 0 Å². The lowest BCUT2D eigenvalue weighted by Crippen LogP contribution is -2.03. The number of anilines is 1. The summed E-state index contributed by atoms with van der Waals surface area (Å²) in [7, 11) is 0. The minimum absolute atomic E-state index is 0.244. The van der Waals surface area contributed by atoms with Gasteiger partial charge < -0.3 is 10.8 Å². The molecule has 0 saturated carbocycles. The number of hydrogen-bond acceptors (Lipinski definition) is 3. The molecular weight excluding hydrogens is 194 g/mol. The second kappa shape index (κ2) is 5.27. The third kappa shape index (κ3) is 3.24. The second-order valence-electron chi connectivity index (χ2n) is 3.62. The summed E-state index contributed by atoms with van der Waals surface area (Å²) in [5.41, 5.74) is 7.75. The largest absolute Gasteiger partial charge is 0.398 e. The minimum atomic E-state index is 0.244. The molecule has 3 N–H and O–H groups in total. The van der Waals surface area contributed by atoms with Crippen molar-refractivity contribution in [3.8, 4) is 0 Å². The average Bonchev–Trinajstić information content (AvgIpc) is 2.19. The summed E-state index contributed by atoms with van der Waals surface area (Å²) in [6, 6.07) is 6.09. The van der Waals surface area contributed by atoms with Crippen LogP contribution in [0.25, 0.3) is 0 Å². The van der Waals surface area contributed by atoms with Crippen LogP contribution in [0.4, 0.5) is 5.69 Å². The molecule has 0 saturated heterocycles. The standard InChI is InChI=1S/C11H17NOS/c1-8(6-13)7-14-10-4-3-9(2)11(12)5-10/h3-5,8,13H,6-7,12H2,1-2H3. The first-order chi connectivity index (χ1) is 6.63. The summed E-state index contributed by atoms with van der Waals surface area (Å²) in [5.74, 6) is 1.27. The highest BCUT2D eigenvalue weighted by atomic mass is 32.2. The summed E-state index contributed by atoms with van der Waals surface area (Å²) >= 11 is 1.74. The highest BCUT2D eigenvalue weighted by Gasteiger charge is 2.02. The Morgan fingerprint density at radius 3 is 2.79 bits per heavy atom. The summed E-state index contributed by atoms with van der Waals surface area (Å²) in [6.45, 7) is 4.28. The van der Waals surface area contributed by atoms with Crippen LogP contribution in [0.1, 0.15) is 12.5 Å². The van der Waals surface area contributed by atoms with Gasteiger partial charge in [0, 0.05) is 22.9 Å². The highest BCUT2D eigenvalue weighted by Crippen LogP contribution is 2.24. The smallest absolute Gasteiger partial charge is 0.0464 e. The predicted octanol–water partition coefficient (Wildman–Crippen LogP) is 2.30. The molecular formula is C11H17NOS. The molecule has 0 bridgehead atoms. The van der Waals surface area contributed by atoms with Gasteiger partial charge in [-0.25, -0.2) is 0 Å². The van der Waals surface area contributed by atoms with Crippen molar-refractivity contribution in [2.75, 3.05) is 18.1 Å². The molecule has 0 aromatic heterocycles. The Labute approximate surface area is 89.5 Å².